The molecule has 1 unspecified atom stereocenters. The maximum Gasteiger partial charge on any atom is 0.159 e. The second-order valence-electron chi connectivity index (χ2n) is 6.35. The third kappa shape index (κ3) is 4.86. The zero-order valence-corrected chi connectivity index (χ0v) is 13.8. The Hall–Kier alpha value is -1.78. The number of hydrogen-bond acceptors (Lipinski definition) is 2. The maximum atomic E-state index is 13.5. The van der Waals surface area contributed by atoms with Crippen LogP contribution in [0.5, 0.6) is 0 Å². The molecule has 1 aliphatic heterocycles. The highest BCUT2D eigenvalue weighted by Crippen LogP contribution is 2.17. The van der Waals surface area contributed by atoms with Gasteiger partial charge in [-0.25, -0.2) is 8.78 Å². The van der Waals surface area contributed by atoms with E-state index in [-0.39, 0.29) is 6.10 Å². The molecule has 0 aliphatic carbocycles. The standard InChI is InChI=1S/C20H23F2NO/c21-19-9-8-17(13-20(19)22)14-23(15-18-7-4-12-24-18)11-10-16-5-2-1-3-6-16/h1-3,5-6,8-9,13,18H,4,7,10-12,14-15H2. The molecule has 0 aromatic heterocycles. The van der Waals surface area contributed by atoms with Crippen molar-refractivity contribution in [2.24, 2.45) is 0 Å². The normalized spacial score (nSPS) is 17.5. The largest absolute Gasteiger partial charge is 0.377 e. The lowest BCUT2D eigenvalue weighted by Gasteiger charge is -2.25. The summed E-state index contributed by atoms with van der Waals surface area (Å²) < 4.78 is 32.3. The molecule has 1 fully saturated rings. The third-order valence-corrected chi connectivity index (χ3v) is 4.44. The van der Waals surface area contributed by atoms with Crippen molar-refractivity contribution in [2.45, 2.75) is 31.9 Å². The first-order valence-electron chi connectivity index (χ1n) is 8.52. The van der Waals surface area contributed by atoms with Crippen LogP contribution in [0.2, 0.25) is 0 Å². The van der Waals surface area contributed by atoms with Gasteiger partial charge in [-0.15, -0.1) is 0 Å². The van der Waals surface area contributed by atoms with Crippen molar-refractivity contribution >= 4 is 0 Å². The number of halogens is 2. The fraction of sp³-hybridized carbons (Fsp3) is 0.400. The molecule has 1 atom stereocenters. The Morgan fingerprint density at radius 1 is 1.00 bits per heavy atom. The van der Waals surface area contributed by atoms with Crippen molar-refractivity contribution in [2.75, 3.05) is 19.7 Å². The molecule has 0 spiro atoms. The van der Waals surface area contributed by atoms with Gasteiger partial charge in [0.05, 0.1) is 6.10 Å². The van der Waals surface area contributed by atoms with Gasteiger partial charge >= 0.3 is 0 Å². The second-order valence-corrected chi connectivity index (χ2v) is 6.35. The van der Waals surface area contributed by atoms with Gasteiger partial charge in [-0.3, -0.25) is 4.90 Å². The molecule has 0 bridgehead atoms. The summed E-state index contributed by atoms with van der Waals surface area (Å²) in [6.45, 7) is 3.11. The topological polar surface area (TPSA) is 12.5 Å². The molecule has 2 aromatic rings. The molecule has 4 heteroatoms. The van der Waals surface area contributed by atoms with Crippen LogP contribution < -0.4 is 0 Å². The Labute approximate surface area is 142 Å². The molecule has 0 radical (unpaired) electrons. The van der Waals surface area contributed by atoms with Crippen molar-refractivity contribution in [3.05, 3.63) is 71.3 Å². The van der Waals surface area contributed by atoms with Gasteiger partial charge in [0.2, 0.25) is 0 Å². The minimum Gasteiger partial charge on any atom is -0.377 e. The summed E-state index contributed by atoms with van der Waals surface area (Å²) in [4.78, 5) is 2.27. The van der Waals surface area contributed by atoms with Crippen molar-refractivity contribution in [3.63, 3.8) is 0 Å². The van der Waals surface area contributed by atoms with Crippen molar-refractivity contribution in [1.82, 2.24) is 4.90 Å². The second kappa shape index (κ2) is 8.36. The van der Waals surface area contributed by atoms with Gasteiger partial charge in [0.25, 0.3) is 0 Å². The highest BCUT2D eigenvalue weighted by molar-refractivity contribution is 5.18. The molecule has 24 heavy (non-hydrogen) atoms. The fourth-order valence-electron chi connectivity index (χ4n) is 3.14. The molecule has 128 valence electrons. The van der Waals surface area contributed by atoms with Crippen LogP contribution in [0.25, 0.3) is 0 Å². The first-order chi connectivity index (χ1) is 11.7. The van der Waals surface area contributed by atoms with E-state index in [1.54, 1.807) is 6.07 Å². The van der Waals surface area contributed by atoms with Crippen LogP contribution in [0, 0.1) is 11.6 Å². The molecule has 1 saturated heterocycles. The summed E-state index contributed by atoms with van der Waals surface area (Å²) in [7, 11) is 0. The van der Waals surface area contributed by atoms with Gasteiger partial charge in [-0.2, -0.15) is 0 Å². The van der Waals surface area contributed by atoms with Gasteiger partial charge in [0.15, 0.2) is 11.6 Å². The van der Waals surface area contributed by atoms with Crippen LogP contribution in [0.1, 0.15) is 24.0 Å². The quantitative estimate of drug-likeness (QED) is 0.754. The summed E-state index contributed by atoms with van der Waals surface area (Å²) in [6, 6.07) is 14.5. The summed E-state index contributed by atoms with van der Waals surface area (Å²) in [6.07, 6.45) is 3.34. The number of rotatable bonds is 7. The molecule has 2 nitrogen and oxygen atoms in total. The number of hydrogen-bond donors (Lipinski definition) is 0. The van der Waals surface area contributed by atoms with Crippen LogP contribution in [0.3, 0.4) is 0 Å². The summed E-state index contributed by atoms with van der Waals surface area (Å²) >= 11 is 0. The number of ether oxygens (including phenoxy) is 1. The van der Waals surface area contributed by atoms with Gasteiger partial charge in [-0.05, 0) is 42.5 Å². The number of nitrogens with zero attached hydrogens (tertiary/aromatic N) is 1. The van der Waals surface area contributed by atoms with E-state index in [9.17, 15) is 8.78 Å². The maximum absolute atomic E-state index is 13.5. The van der Waals surface area contributed by atoms with Gasteiger partial charge in [0.1, 0.15) is 0 Å². The number of benzene rings is 2. The monoisotopic (exact) mass is 331 g/mol. The van der Waals surface area contributed by atoms with E-state index in [0.717, 1.165) is 44.5 Å². The van der Waals surface area contributed by atoms with E-state index < -0.39 is 11.6 Å². The van der Waals surface area contributed by atoms with Crippen LogP contribution in [0.4, 0.5) is 8.78 Å². The average molecular weight is 331 g/mol. The van der Waals surface area contributed by atoms with Crippen LogP contribution >= 0.6 is 0 Å². The lowest BCUT2D eigenvalue weighted by Crippen LogP contribution is -2.33. The predicted octanol–water partition coefficient (Wildman–Crippen LogP) is 4.19. The van der Waals surface area contributed by atoms with Crippen LogP contribution in [-0.4, -0.2) is 30.7 Å². The Balaban J connectivity index is 1.64. The first kappa shape index (κ1) is 17.1. The lowest BCUT2D eigenvalue weighted by molar-refractivity contribution is 0.0709. The van der Waals surface area contributed by atoms with E-state index in [0.29, 0.717) is 6.54 Å². The van der Waals surface area contributed by atoms with E-state index in [2.05, 4.69) is 17.0 Å². The Bertz CT molecular complexity index is 641. The first-order valence-corrected chi connectivity index (χ1v) is 8.52. The molecule has 0 amide bonds. The molecule has 0 N–H and O–H groups in total. The molecule has 1 aliphatic rings. The minimum absolute atomic E-state index is 0.242. The molecule has 2 aromatic carbocycles. The van der Waals surface area contributed by atoms with E-state index >= 15 is 0 Å². The van der Waals surface area contributed by atoms with E-state index in [1.807, 2.05) is 18.2 Å². The van der Waals surface area contributed by atoms with Gasteiger partial charge < -0.3 is 4.74 Å². The molecular formula is C20H23F2NO. The Morgan fingerprint density at radius 2 is 1.83 bits per heavy atom. The highest BCUT2D eigenvalue weighted by Gasteiger charge is 2.19. The van der Waals surface area contributed by atoms with Crippen molar-refractivity contribution < 1.29 is 13.5 Å². The zero-order valence-electron chi connectivity index (χ0n) is 13.8. The molecule has 1 heterocycles. The lowest BCUT2D eigenvalue weighted by atomic mass is 10.1. The van der Waals surface area contributed by atoms with Gasteiger partial charge in [-0.1, -0.05) is 36.4 Å². The van der Waals surface area contributed by atoms with E-state index in [1.165, 1.54) is 17.7 Å². The Morgan fingerprint density at radius 3 is 2.54 bits per heavy atom. The molecule has 0 saturated carbocycles. The zero-order chi connectivity index (χ0) is 16.8. The fourth-order valence-corrected chi connectivity index (χ4v) is 3.14. The molecule has 3 rings (SSSR count). The Kier molecular flexibility index (Phi) is 5.94. The summed E-state index contributed by atoms with van der Waals surface area (Å²) in [5.41, 5.74) is 2.07. The highest BCUT2D eigenvalue weighted by atomic mass is 19.2. The van der Waals surface area contributed by atoms with Crippen LogP contribution in [0.15, 0.2) is 48.5 Å². The minimum atomic E-state index is -0.797. The molecular weight excluding hydrogens is 308 g/mol. The predicted molar refractivity (Wildman–Crippen MR) is 90.8 cm³/mol. The van der Waals surface area contributed by atoms with Gasteiger partial charge in [0, 0.05) is 26.2 Å². The van der Waals surface area contributed by atoms with Crippen molar-refractivity contribution in [1.29, 1.82) is 0 Å². The third-order valence-electron chi connectivity index (χ3n) is 4.44. The smallest absolute Gasteiger partial charge is 0.159 e. The SMILES string of the molecule is Fc1ccc(CN(CCc2ccccc2)CC2CCCO2)cc1F. The summed E-state index contributed by atoms with van der Waals surface area (Å²) in [5, 5.41) is 0. The average Bonchev–Trinajstić information content (AvgIpc) is 3.10. The van der Waals surface area contributed by atoms with E-state index in [4.69, 9.17) is 4.74 Å². The van der Waals surface area contributed by atoms with Crippen molar-refractivity contribution in [3.8, 4) is 0 Å². The summed E-state index contributed by atoms with van der Waals surface area (Å²) in [5.74, 6) is -1.58. The van der Waals surface area contributed by atoms with Crippen LogP contribution in [-0.2, 0) is 17.7 Å².